The number of carbonyl (C=O) groups excluding carboxylic acids is 1. The van der Waals surface area contributed by atoms with Crippen LogP contribution in [0.1, 0.15) is 74.8 Å². The van der Waals surface area contributed by atoms with Crippen molar-refractivity contribution in [3.63, 3.8) is 0 Å². The van der Waals surface area contributed by atoms with Crippen LogP contribution in [0.4, 0.5) is 22.0 Å². The van der Waals surface area contributed by atoms with E-state index in [4.69, 9.17) is 0 Å². The van der Waals surface area contributed by atoms with Crippen molar-refractivity contribution in [2.75, 3.05) is 13.2 Å². The quantitative estimate of drug-likeness (QED) is 0.426. The van der Waals surface area contributed by atoms with Crippen LogP contribution in [0.5, 0.6) is 0 Å². The SMILES string of the molecule is C[C@]12C[C@H](c3ccc(C(CO)CO)cc3)C3=C4CCC(=O)C=C4CC[C@H]3[C@@H]1CC[C@@]2(O)C(F)(F)C(F)(F)F. The number of hydrogen-bond acceptors (Lipinski definition) is 4. The molecule has 0 bridgehead atoms. The molecule has 208 valence electrons. The number of hydrogen-bond donors (Lipinski definition) is 3. The van der Waals surface area contributed by atoms with Crippen LogP contribution in [-0.4, -0.2) is 52.0 Å². The van der Waals surface area contributed by atoms with E-state index in [2.05, 4.69) is 0 Å². The standard InChI is InChI=1S/C29H33F5O4/c1-26-13-23(17-4-2-16(3-5-17)19(14-35)15-36)25-21-9-7-20(37)12-18(21)6-8-22(25)24(26)10-11-27(26,38)28(30,31)29(32,33)34/h2-5,12,19,22-24,35-36,38H,6-11,13-15H2,1H3/t22-,23+,24-,26-,27-/m0/s1. The average molecular weight is 541 g/mol. The Kier molecular flexibility index (Phi) is 6.68. The number of allylic oxidation sites excluding steroid dienone is 4. The third kappa shape index (κ3) is 3.83. The van der Waals surface area contributed by atoms with E-state index in [9.17, 15) is 33.3 Å². The zero-order valence-electron chi connectivity index (χ0n) is 21.2. The maximum atomic E-state index is 15.0. The Labute approximate surface area is 218 Å². The minimum atomic E-state index is -5.88. The molecule has 0 radical (unpaired) electrons. The zero-order valence-corrected chi connectivity index (χ0v) is 21.2. The number of halogens is 5. The lowest BCUT2D eigenvalue weighted by Gasteiger charge is -2.56. The fourth-order valence-corrected chi connectivity index (χ4v) is 7.98. The number of aliphatic hydroxyl groups is 3. The Bertz CT molecular complexity index is 1170. The first-order valence-corrected chi connectivity index (χ1v) is 13.2. The van der Waals surface area contributed by atoms with Crippen molar-refractivity contribution in [2.24, 2.45) is 17.3 Å². The van der Waals surface area contributed by atoms with Gasteiger partial charge in [0.05, 0.1) is 13.2 Å². The van der Waals surface area contributed by atoms with Gasteiger partial charge in [0.15, 0.2) is 5.78 Å². The third-order valence-corrected chi connectivity index (χ3v) is 10.0. The molecular weight excluding hydrogens is 507 g/mol. The van der Waals surface area contributed by atoms with Crippen molar-refractivity contribution in [3.05, 3.63) is 58.2 Å². The van der Waals surface area contributed by atoms with E-state index in [1.54, 1.807) is 30.3 Å². The Morgan fingerprint density at radius 3 is 2.26 bits per heavy atom. The summed E-state index contributed by atoms with van der Waals surface area (Å²) in [5.74, 6) is -7.08. The van der Waals surface area contributed by atoms with Crippen LogP contribution < -0.4 is 0 Å². The molecule has 3 N–H and O–H groups in total. The molecule has 0 amide bonds. The molecule has 4 aliphatic carbocycles. The van der Waals surface area contributed by atoms with Gasteiger partial charge in [0.25, 0.3) is 0 Å². The lowest BCUT2D eigenvalue weighted by molar-refractivity contribution is -0.362. The molecule has 0 saturated heterocycles. The Morgan fingerprint density at radius 1 is 1.00 bits per heavy atom. The lowest BCUT2D eigenvalue weighted by atomic mass is 9.50. The number of ketones is 1. The van der Waals surface area contributed by atoms with Gasteiger partial charge < -0.3 is 15.3 Å². The molecule has 1 aromatic carbocycles. The highest BCUT2D eigenvalue weighted by atomic mass is 19.4. The second-order valence-corrected chi connectivity index (χ2v) is 11.7. The van der Waals surface area contributed by atoms with Gasteiger partial charge in [-0.05, 0) is 78.7 Å². The number of alkyl halides is 5. The first-order chi connectivity index (χ1) is 17.8. The van der Waals surface area contributed by atoms with E-state index in [0.29, 0.717) is 31.2 Å². The predicted molar refractivity (Wildman–Crippen MR) is 130 cm³/mol. The fourth-order valence-electron chi connectivity index (χ4n) is 7.98. The van der Waals surface area contributed by atoms with Gasteiger partial charge in [0, 0.05) is 23.7 Å². The maximum absolute atomic E-state index is 15.0. The van der Waals surface area contributed by atoms with Crippen LogP contribution in [0.15, 0.2) is 47.1 Å². The molecule has 9 heteroatoms. The first kappa shape index (κ1) is 27.5. The van der Waals surface area contributed by atoms with E-state index in [1.807, 2.05) is 0 Å². The molecule has 38 heavy (non-hydrogen) atoms. The molecule has 2 fully saturated rings. The number of aliphatic hydroxyl groups excluding tert-OH is 2. The number of benzene rings is 1. The van der Waals surface area contributed by atoms with Crippen LogP contribution in [0.3, 0.4) is 0 Å². The first-order valence-electron chi connectivity index (χ1n) is 13.2. The molecule has 4 nitrogen and oxygen atoms in total. The van der Waals surface area contributed by atoms with Gasteiger partial charge in [-0.15, -0.1) is 0 Å². The summed E-state index contributed by atoms with van der Waals surface area (Å²) in [5.41, 5.74) is -0.598. The van der Waals surface area contributed by atoms with Crippen LogP contribution in [0.25, 0.3) is 0 Å². The van der Waals surface area contributed by atoms with Crippen LogP contribution in [0.2, 0.25) is 0 Å². The Morgan fingerprint density at radius 2 is 1.66 bits per heavy atom. The minimum Gasteiger partial charge on any atom is -0.396 e. The van der Waals surface area contributed by atoms with Gasteiger partial charge in [0.2, 0.25) is 0 Å². The van der Waals surface area contributed by atoms with Crippen LogP contribution >= 0.6 is 0 Å². The Balaban J connectivity index is 1.66. The molecule has 0 aliphatic heterocycles. The lowest BCUT2D eigenvalue weighted by Crippen LogP contribution is -2.65. The van der Waals surface area contributed by atoms with E-state index in [-0.39, 0.29) is 37.8 Å². The monoisotopic (exact) mass is 540 g/mol. The molecule has 1 aromatic rings. The smallest absolute Gasteiger partial charge is 0.396 e. The topological polar surface area (TPSA) is 77.8 Å². The summed E-state index contributed by atoms with van der Waals surface area (Å²) >= 11 is 0. The highest BCUT2D eigenvalue weighted by Crippen LogP contribution is 2.70. The molecule has 2 saturated carbocycles. The molecule has 0 aromatic heterocycles. The van der Waals surface area contributed by atoms with E-state index < -0.39 is 47.3 Å². The van der Waals surface area contributed by atoms with E-state index >= 15 is 8.78 Å². The molecule has 0 unspecified atom stereocenters. The summed E-state index contributed by atoms with van der Waals surface area (Å²) < 4.78 is 71.1. The van der Waals surface area contributed by atoms with Crippen molar-refractivity contribution in [1.29, 1.82) is 0 Å². The van der Waals surface area contributed by atoms with Gasteiger partial charge >= 0.3 is 12.1 Å². The van der Waals surface area contributed by atoms with Crippen molar-refractivity contribution >= 4 is 5.78 Å². The summed E-state index contributed by atoms with van der Waals surface area (Å²) in [6, 6.07) is 7.01. The zero-order chi connectivity index (χ0) is 27.7. The van der Waals surface area contributed by atoms with Gasteiger partial charge in [-0.2, -0.15) is 22.0 Å². The van der Waals surface area contributed by atoms with Gasteiger partial charge in [-0.25, -0.2) is 0 Å². The largest absolute Gasteiger partial charge is 0.456 e. The molecular formula is C29H33F5O4. The molecule has 5 rings (SSSR count). The highest BCUT2D eigenvalue weighted by molar-refractivity contribution is 5.93. The average Bonchev–Trinajstić information content (AvgIpc) is 3.15. The molecule has 0 spiro atoms. The van der Waals surface area contributed by atoms with Crippen molar-refractivity contribution in [2.45, 2.75) is 81.4 Å². The second kappa shape index (κ2) is 9.24. The van der Waals surface area contributed by atoms with Gasteiger partial charge in [-0.1, -0.05) is 36.8 Å². The molecule has 4 aliphatic rings. The number of carbonyl (C=O) groups is 1. The summed E-state index contributed by atoms with van der Waals surface area (Å²) in [7, 11) is 0. The summed E-state index contributed by atoms with van der Waals surface area (Å²) in [4.78, 5) is 12.1. The highest BCUT2D eigenvalue weighted by Gasteiger charge is 2.79. The summed E-state index contributed by atoms with van der Waals surface area (Å²) in [6.45, 7) is 0.868. The van der Waals surface area contributed by atoms with Crippen LogP contribution in [0, 0.1) is 17.3 Å². The third-order valence-electron chi connectivity index (χ3n) is 10.0. The Hall–Kier alpha value is -2.10. The predicted octanol–water partition coefficient (Wildman–Crippen LogP) is 5.58. The minimum absolute atomic E-state index is 0.0310. The van der Waals surface area contributed by atoms with E-state index in [1.165, 1.54) is 6.92 Å². The van der Waals surface area contributed by atoms with Gasteiger partial charge in [0.1, 0.15) is 5.60 Å². The summed E-state index contributed by atoms with van der Waals surface area (Å²) in [6.07, 6.45) is -2.98. The summed E-state index contributed by atoms with van der Waals surface area (Å²) in [5, 5.41) is 30.4. The molecule has 5 atom stereocenters. The van der Waals surface area contributed by atoms with Crippen molar-refractivity contribution in [1.82, 2.24) is 0 Å². The maximum Gasteiger partial charge on any atom is 0.456 e. The normalized spacial score (nSPS) is 33.7. The van der Waals surface area contributed by atoms with Crippen molar-refractivity contribution in [3.8, 4) is 0 Å². The van der Waals surface area contributed by atoms with Gasteiger partial charge in [-0.3, -0.25) is 4.79 Å². The van der Waals surface area contributed by atoms with Crippen LogP contribution in [-0.2, 0) is 4.79 Å². The van der Waals surface area contributed by atoms with E-state index in [0.717, 1.165) is 22.3 Å². The second-order valence-electron chi connectivity index (χ2n) is 11.7. The molecule has 0 heterocycles. The van der Waals surface area contributed by atoms with Crippen molar-refractivity contribution < 1.29 is 42.1 Å². The number of fused-ring (bicyclic) bond motifs is 4. The number of rotatable bonds is 5. The fraction of sp³-hybridized carbons (Fsp3) is 0.621.